The number of hydrogen-bond donors (Lipinski definition) is 1. The van der Waals surface area contributed by atoms with Crippen LogP contribution in [-0.2, 0) is 13.0 Å². The fourth-order valence-electron chi connectivity index (χ4n) is 2.44. The van der Waals surface area contributed by atoms with Gasteiger partial charge in [0.15, 0.2) is 0 Å². The number of benzene rings is 1. The molecule has 108 valence electrons. The lowest BCUT2D eigenvalue weighted by molar-refractivity contribution is 0.538. The number of pyridine rings is 1. The molecule has 0 saturated carbocycles. The van der Waals surface area contributed by atoms with E-state index in [9.17, 15) is 4.39 Å². The molecule has 2 aromatic heterocycles. The third-order valence-corrected chi connectivity index (χ3v) is 3.48. The van der Waals surface area contributed by atoms with Crippen molar-refractivity contribution in [2.45, 2.75) is 25.9 Å². The minimum atomic E-state index is -0.181. The van der Waals surface area contributed by atoms with Crippen molar-refractivity contribution < 1.29 is 4.39 Å². The highest BCUT2D eigenvalue weighted by Crippen LogP contribution is 2.08. The maximum absolute atomic E-state index is 13.2. The summed E-state index contributed by atoms with van der Waals surface area (Å²) in [7, 11) is 0. The van der Waals surface area contributed by atoms with Crippen LogP contribution in [0.1, 0.15) is 18.2 Å². The summed E-state index contributed by atoms with van der Waals surface area (Å²) in [6.45, 7) is 2.80. The van der Waals surface area contributed by atoms with Gasteiger partial charge in [0, 0.05) is 25.0 Å². The summed E-state index contributed by atoms with van der Waals surface area (Å²) in [4.78, 5) is 4.55. The van der Waals surface area contributed by atoms with Crippen LogP contribution < -0.4 is 5.32 Å². The van der Waals surface area contributed by atoms with Crippen LogP contribution in [0.2, 0.25) is 0 Å². The van der Waals surface area contributed by atoms with Gasteiger partial charge in [-0.05, 0) is 43.2 Å². The summed E-state index contributed by atoms with van der Waals surface area (Å²) >= 11 is 0. The molecular formula is C17H18FN3. The van der Waals surface area contributed by atoms with Crippen LogP contribution in [0.5, 0.6) is 0 Å². The predicted octanol–water partition coefficient (Wildman–Crippen LogP) is 3.19. The van der Waals surface area contributed by atoms with Gasteiger partial charge in [-0.1, -0.05) is 18.2 Å². The Bertz CT molecular complexity index is 702. The zero-order valence-electron chi connectivity index (χ0n) is 12.0. The molecule has 3 rings (SSSR count). The number of aromatic nitrogens is 2. The van der Waals surface area contributed by atoms with Gasteiger partial charge in [-0.15, -0.1) is 0 Å². The van der Waals surface area contributed by atoms with E-state index in [4.69, 9.17) is 0 Å². The Hall–Kier alpha value is -2.20. The molecule has 3 nitrogen and oxygen atoms in total. The van der Waals surface area contributed by atoms with E-state index in [1.54, 1.807) is 12.1 Å². The molecule has 21 heavy (non-hydrogen) atoms. The van der Waals surface area contributed by atoms with Gasteiger partial charge in [0.25, 0.3) is 0 Å². The van der Waals surface area contributed by atoms with Crippen molar-refractivity contribution in [3.05, 3.63) is 71.9 Å². The molecule has 3 aromatic rings. The van der Waals surface area contributed by atoms with Gasteiger partial charge in [0.2, 0.25) is 0 Å². The Morgan fingerprint density at radius 2 is 2.14 bits per heavy atom. The monoisotopic (exact) mass is 283 g/mol. The minimum absolute atomic E-state index is 0.181. The molecule has 0 unspecified atom stereocenters. The lowest BCUT2D eigenvalue weighted by atomic mass is 10.1. The van der Waals surface area contributed by atoms with Crippen LogP contribution in [0, 0.1) is 5.82 Å². The van der Waals surface area contributed by atoms with Crippen molar-refractivity contribution in [2.75, 3.05) is 0 Å². The standard InChI is InChI=1S/C17H18FN3/c1-13(9-14-5-4-6-15(18)10-14)19-11-16-12-21-8-3-2-7-17(21)20-16/h2-8,10,12-13,19H,9,11H2,1H3/t13-/m1/s1. The first-order valence-corrected chi connectivity index (χ1v) is 7.11. The predicted molar refractivity (Wildman–Crippen MR) is 81.6 cm³/mol. The molecule has 0 aliphatic carbocycles. The first-order valence-electron chi connectivity index (χ1n) is 7.11. The summed E-state index contributed by atoms with van der Waals surface area (Å²) in [5, 5.41) is 3.43. The molecule has 0 aliphatic heterocycles. The zero-order chi connectivity index (χ0) is 14.7. The largest absolute Gasteiger partial charge is 0.308 e. The number of rotatable bonds is 5. The van der Waals surface area contributed by atoms with E-state index < -0.39 is 0 Å². The maximum atomic E-state index is 13.2. The van der Waals surface area contributed by atoms with Crippen molar-refractivity contribution in [2.24, 2.45) is 0 Å². The molecule has 0 aliphatic rings. The maximum Gasteiger partial charge on any atom is 0.137 e. The third-order valence-electron chi connectivity index (χ3n) is 3.48. The third kappa shape index (κ3) is 3.47. The Balaban J connectivity index is 1.59. The van der Waals surface area contributed by atoms with Crippen LogP contribution in [0.15, 0.2) is 54.9 Å². The van der Waals surface area contributed by atoms with E-state index >= 15 is 0 Å². The molecule has 1 aromatic carbocycles. The fourth-order valence-corrected chi connectivity index (χ4v) is 2.44. The quantitative estimate of drug-likeness (QED) is 0.779. The Morgan fingerprint density at radius 3 is 2.95 bits per heavy atom. The van der Waals surface area contributed by atoms with E-state index in [0.29, 0.717) is 6.54 Å². The highest BCUT2D eigenvalue weighted by molar-refractivity contribution is 5.39. The van der Waals surface area contributed by atoms with Gasteiger partial charge in [-0.3, -0.25) is 0 Å². The van der Waals surface area contributed by atoms with Gasteiger partial charge < -0.3 is 9.72 Å². The van der Waals surface area contributed by atoms with Crippen molar-refractivity contribution in [1.29, 1.82) is 0 Å². The minimum Gasteiger partial charge on any atom is -0.308 e. The summed E-state index contributed by atoms with van der Waals surface area (Å²) < 4.78 is 15.2. The van der Waals surface area contributed by atoms with Gasteiger partial charge >= 0.3 is 0 Å². The lowest BCUT2D eigenvalue weighted by Crippen LogP contribution is -2.27. The Kier molecular flexibility index (Phi) is 3.97. The molecule has 0 fully saturated rings. The molecule has 0 radical (unpaired) electrons. The highest BCUT2D eigenvalue weighted by Gasteiger charge is 2.06. The number of imidazole rings is 1. The van der Waals surface area contributed by atoms with Crippen LogP contribution in [0.25, 0.3) is 5.65 Å². The summed E-state index contributed by atoms with van der Waals surface area (Å²) in [5.74, 6) is -0.181. The highest BCUT2D eigenvalue weighted by atomic mass is 19.1. The Labute approximate surface area is 123 Å². The molecule has 2 heterocycles. The number of halogens is 1. The average Bonchev–Trinajstić information content (AvgIpc) is 2.88. The zero-order valence-corrected chi connectivity index (χ0v) is 12.0. The smallest absolute Gasteiger partial charge is 0.137 e. The SMILES string of the molecule is C[C@H](Cc1cccc(F)c1)NCc1cn2ccccc2n1. The summed E-state index contributed by atoms with van der Waals surface area (Å²) in [6, 6.07) is 13.0. The number of fused-ring (bicyclic) bond motifs is 1. The topological polar surface area (TPSA) is 29.3 Å². The van der Waals surface area contributed by atoms with E-state index in [2.05, 4.69) is 17.2 Å². The molecule has 0 saturated heterocycles. The van der Waals surface area contributed by atoms with Gasteiger partial charge in [0.1, 0.15) is 11.5 Å². The van der Waals surface area contributed by atoms with Crippen LogP contribution in [0.4, 0.5) is 4.39 Å². The first-order chi connectivity index (χ1) is 10.2. The Morgan fingerprint density at radius 1 is 1.24 bits per heavy atom. The first kappa shape index (κ1) is 13.8. The van der Waals surface area contributed by atoms with E-state index in [1.807, 2.05) is 41.1 Å². The number of nitrogens with zero attached hydrogens (tertiary/aromatic N) is 2. The molecule has 0 bridgehead atoms. The second-order valence-electron chi connectivity index (χ2n) is 5.31. The fraction of sp³-hybridized carbons (Fsp3) is 0.235. The molecule has 0 amide bonds. The second-order valence-corrected chi connectivity index (χ2v) is 5.31. The lowest BCUT2D eigenvalue weighted by Gasteiger charge is -2.12. The van der Waals surface area contributed by atoms with E-state index in [0.717, 1.165) is 23.3 Å². The molecule has 4 heteroatoms. The molecule has 1 atom stereocenters. The van der Waals surface area contributed by atoms with Crippen LogP contribution in [0.3, 0.4) is 0 Å². The van der Waals surface area contributed by atoms with E-state index in [1.165, 1.54) is 6.07 Å². The number of nitrogens with one attached hydrogen (secondary N) is 1. The summed E-state index contributed by atoms with van der Waals surface area (Å²) in [6.07, 6.45) is 4.81. The van der Waals surface area contributed by atoms with Gasteiger partial charge in [-0.2, -0.15) is 0 Å². The molecule has 0 spiro atoms. The van der Waals surface area contributed by atoms with E-state index in [-0.39, 0.29) is 11.9 Å². The van der Waals surface area contributed by atoms with Crippen molar-refractivity contribution in [3.8, 4) is 0 Å². The van der Waals surface area contributed by atoms with Crippen LogP contribution in [-0.4, -0.2) is 15.4 Å². The normalized spacial score (nSPS) is 12.7. The molecular weight excluding hydrogens is 265 g/mol. The van der Waals surface area contributed by atoms with Crippen LogP contribution >= 0.6 is 0 Å². The van der Waals surface area contributed by atoms with Crippen molar-refractivity contribution in [3.63, 3.8) is 0 Å². The summed E-state index contributed by atoms with van der Waals surface area (Å²) in [5.41, 5.74) is 2.96. The van der Waals surface area contributed by atoms with Crippen molar-refractivity contribution >= 4 is 5.65 Å². The average molecular weight is 283 g/mol. The van der Waals surface area contributed by atoms with Crippen molar-refractivity contribution in [1.82, 2.24) is 14.7 Å². The number of hydrogen-bond acceptors (Lipinski definition) is 2. The van der Waals surface area contributed by atoms with Gasteiger partial charge in [-0.25, -0.2) is 9.37 Å². The van der Waals surface area contributed by atoms with Gasteiger partial charge in [0.05, 0.1) is 5.69 Å². The molecule has 1 N–H and O–H groups in total. The second kappa shape index (κ2) is 6.06.